The van der Waals surface area contributed by atoms with Crippen LogP contribution in [0.25, 0.3) is 11.1 Å². The Hall–Kier alpha value is -2.82. The maximum absolute atomic E-state index is 12.3. The van der Waals surface area contributed by atoms with Crippen LogP contribution in [0.5, 0.6) is 0 Å². The number of hydrogen-bond donors (Lipinski definition) is 2. The fourth-order valence-corrected chi connectivity index (χ4v) is 5.03. The predicted octanol–water partition coefficient (Wildman–Crippen LogP) is 3.63. The number of alkyl carbamates (subject to hydrolysis) is 1. The molecule has 3 aliphatic rings. The van der Waals surface area contributed by atoms with Crippen LogP contribution >= 0.6 is 0 Å². The summed E-state index contributed by atoms with van der Waals surface area (Å²) < 4.78 is 5.57. The molecule has 0 aliphatic heterocycles. The molecule has 2 N–H and O–H groups in total. The molecule has 5 rings (SSSR count). The van der Waals surface area contributed by atoms with Gasteiger partial charge in [0.05, 0.1) is 5.92 Å². The second-order valence-electron chi connectivity index (χ2n) is 7.82. The first-order chi connectivity index (χ1) is 13.1. The quantitative estimate of drug-likeness (QED) is 0.870. The van der Waals surface area contributed by atoms with E-state index in [1.807, 2.05) is 24.3 Å². The zero-order valence-corrected chi connectivity index (χ0v) is 14.8. The number of rotatable bonds is 4. The van der Waals surface area contributed by atoms with Crippen LogP contribution in [-0.2, 0) is 9.53 Å². The fraction of sp³-hybridized carbons (Fsp3) is 0.364. The molecule has 0 saturated heterocycles. The Bertz CT molecular complexity index is 879. The zero-order chi connectivity index (χ0) is 18.5. The van der Waals surface area contributed by atoms with E-state index in [-0.39, 0.29) is 30.4 Å². The van der Waals surface area contributed by atoms with Crippen LogP contribution in [0.1, 0.15) is 29.9 Å². The second kappa shape index (κ2) is 6.12. The first-order valence-electron chi connectivity index (χ1n) is 9.48. The minimum atomic E-state index is -0.751. The lowest BCUT2D eigenvalue weighted by Gasteiger charge is -2.18. The van der Waals surface area contributed by atoms with Gasteiger partial charge in [0.15, 0.2) is 0 Å². The molecule has 27 heavy (non-hydrogen) atoms. The molecule has 0 heterocycles. The lowest BCUT2D eigenvalue weighted by Crippen LogP contribution is -2.37. The summed E-state index contributed by atoms with van der Waals surface area (Å²) in [6.45, 7) is 0.281. The SMILES string of the molecule is O=C(N[C@H]1C[C@@H](C(=O)O)[C@H]2C[C@H]21)OCC1c2ccccc2-c2ccccc21. The van der Waals surface area contributed by atoms with E-state index in [0.717, 1.165) is 6.42 Å². The van der Waals surface area contributed by atoms with Crippen LogP contribution in [0.4, 0.5) is 4.79 Å². The Kier molecular flexibility index (Phi) is 3.71. The predicted molar refractivity (Wildman–Crippen MR) is 99.3 cm³/mol. The van der Waals surface area contributed by atoms with Crippen molar-refractivity contribution in [2.75, 3.05) is 6.61 Å². The Labute approximate surface area is 157 Å². The van der Waals surface area contributed by atoms with Crippen LogP contribution in [0.3, 0.4) is 0 Å². The van der Waals surface area contributed by atoms with Gasteiger partial charge in [-0.1, -0.05) is 48.5 Å². The van der Waals surface area contributed by atoms with Crippen molar-refractivity contribution in [3.05, 3.63) is 59.7 Å². The molecular formula is C22H21NO4. The van der Waals surface area contributed by atoms with Crippen LogP contribution in [-0.4, -0.2) is 29.8 Å². The molecule has 0 aromatic heterocycles. The van der Waals surface area contributed by atoms with E-state index in [0.29, 0.717) is 12.3 Å². The van der Waals surface area contributed by atoms with Gasteiger partial charge >= 0.3 is 12.1 Å². The summed E-state index contributed by atoms with van der Waals surface area (Å²) in [4.78, 5) is 23.6. The molecule has 4 atom stereocenters. The average Bonchev–Trinajstić information content (AvgIpc) is 3.29. The van der Waals surface area contributed by atoms with Crippen LogP contribution in [0, 0.1) is 17.8 Å². The number of carboxylic acid groups (broad SMARTS) is 1. The molecule has 0 spiro atoms. The number of fused-ring (bicyclic) bond motifs is 4. The first-order valence-corrected chi connectivity index (χ1v) is 9.48. The van der Waals surface area contributed by atoms with E-state index in [4.69, 9.17) is 4.74 Å². The van der Waals surface area contributed by atoms with Crippen molar-refractivity contribution in [3.8, 4) is 11.1 Å². The minimum absolute atomic E-state index is 0.0344. The van der Waals surface area contributed by atoms with Gasteiger partial charge in [-0.2, -0.15) is 0 Å². The van der Waals surface area contributed by atoms with Crippen molar-refractivity contribution >= 4 is 12.1 Å². The highest BCUT2D eigenvalue weighted by molar-refractivity contribution is 5.79. The third-order valence-corrected chi connectivity index (χ3v) is 6.40. The van der Waals surface area contributed by atoms with Crippen molar-refractivity contribution < 1.29 is 19.4 Å². The number of amides is 1. The van der Waals surface area contributed by atoms with E-state index in [1.54, 1.807) is 0 Å². The molecule has 5 nitrogen and oxygen atoms in total. The number of carbonyl (C=O) groups is 2. The van der Waals surface area contributed by atoms with Crippen LogP contribution in [0.2, 0.25) is 0 Å². The molecule has 2 fully saturated rings. The summed E-state index contributed by atoms with van der Waals surface area (Å²) >= 11 is 0. The maximum Gasteiger partial charge on any atom is 0.407 e. The topological polar surface area (TPSA) is 75.6 Å². The first kappa shape index (κ1) is 16.4. The van der Waals surface area contributed by atoms with Gasteiger partial charge in [-0.25, -0.2) is 4.79 Å². The van der Waals surface area contributed by atoms with Gasteiger partial charge in [0.2, 0.25) is 0 Å². The van der Waals surface area contributed by atoms with Crippen molar-refractivity contribution in [2.24, 2.45) is 17.8 Å². The molecule has 138 valence electrons. The molecule has 0 bridgehead atoms. The molecule has 1 amide bonds. The normalized spacial score (nSPS) is 27.4. The number of nitrogens with one attached hydrogen (secondary N) is 1. The number of benzene rings is 2. The Morgan fingerprint density at radius 1 is 0.963 bits per heavy atom. The molecule has 0 unspecified atom stereocenters. The number of hydrogen-bond acceptors (Lipinski definition) is 3. The lowest BCUT2D eigenvalue weighted by atomic mass is 9.98. The van der Waals surface area contributed by atoms with Gasteiger partial charge in [0, 0.05) is 12.0 Å². The van der Waals surface area contributed by atoms with E-state index < -0.39 is 12.1 Å². The molecule has 3 aliphatic carbocycles. The Morgan fingerprint density at radius 3 is 2.19 bits per heavy atom. The van der Waals surface area contributed by atoms with E-state index in [9.17, 15) is 14.7 Å². The molecule has 0 radical (unpaired) electrons. The summed E-state index contributed by atoms with van der Waals surface area (Å²) in [7, 11) is 0. The van der Waals surface area contributed by atoms with Gasteiger partial charge in [-0.05, 0) is 46.9 Å². The maximum atomic E-state index is 12.3. The lowest BCUT2D eigenvalue weighted by molar-refractivity contribution is -0.142. The van der Waals surface area contributed by atoms with E-state index >= 15 is 0 Å². The van der Waals surface area contributed by atoms with Crippen molar-refractivity contribution in [3.63, 3.8) is 0 Å². The number of carbonyl (C=O) groups excluding carboxylic acids is 1. The summed E-state index contributed by atoms with van der Waals surface area (Å²) in [6, 6.07) is 16.4. The Balaban J connectivity index is 1.26. The van der Waals surface area contributed by atoms with Crippen molar-refractivity contribution in [2.45, 2.75) is 24.8 Å². The third-order valence-electron chi connectivity index (χ3n) is 6.40. The largest absolute Gasteiger partial charge is 0.481 e. The van der Waals surface area contributed by atoms with E-state index in [2.05, 4.69) is 29.6 Å². The molecule has 2 aromatic rings. The van der Waals surface area contributed by atoms with Crippen molar-refractivity contribution in [1.82, 2.24) is 5.32 Å². The number of carboxylic acids is 1. The van der Waals surface area contributed by atoms with Gasteiger partial charge in [-0.15, -0.1) is 0 Å². The summed E-state index contributed by atoms with van der Waals surface area (Å²) in [6.07, 6.45) is 0.957. The third kappa shape index (κ3) is 2.69. The molecule has 2 saturated carbocycles. The Morgan fingerprint density at radius 2 is 1.59 bits per heavy atom. The minimum Gasteiger partial charge on any atom is -0.481 e. The molecular weight excluding hydrogens is 342 g/mol. The monoisotopic (exact) mass is 363 g/mol. The average molecular weight is 363 g/mol. The zero-order valence-electron chi connectivity index (χ0n) is 14.8. The van der Waals surface area contributed by atoms with E-state index in [1.165, 1.54) is 22.3 Å². The highest BCUT2D eigenvalue weighted by Crippen LogP contribution is 2.55. The fourth-order valence-electron chi connectivity index (χ4n) is 5.03. The van der Waals surface area contributed by atoms with Gasteiger partial charge in [-0.3, -0.25) is 4.79 Å². The van der Waals surface area contributed by atoms with Crippen LogP contribution in [0.15, 0.2) is 48.5 Å². The highest BCUT2D eigenvalue weighted by atomic mass is 16.5. The standard InChI is InChI=1S/C22H21NO4/c24-21(25)18-10-20(17-9-16(17)18)23-22(26)27-11-19-14-7-3-1-5-12(14)13-6-2-4-8-15(13)19/h1-8,16-20H,9-11H2,(H,23,26)(H,24,25)/t16-,17+,18+,20-/m0/s1. The highest BCUT2D eigenvalue weighted by Gasteiger charge is 2.57. The number of aliphatic carboxylic acids is 1. The smallest absolute Gasteiger partial charge is 0.407 e. The summed E-state index contributed by atoms with van der Waals surface area (Å²) in [5.74, 6) is -0.520. The van der Waals surface area contributed by atoms with Gasteiger partial charge in [0.25, 0.3) is 0 Å². The van der Waals surface area contributed by atoms with Gasteiger partial charge in [0.1, 0.15) is 6.61 Å². The van der Waals surface area contributed by atoms with Crippen LogP contribution < -0.4 is 5.32 Å². The second-order valence-corrected chi connectivity index (χ2v) is 7.82. The summed E-state index contributed by atoms with van der Waals surface area (Å²) in [5, 5.41) is 12.2. The summed E-state index contributed by atoms with van der Waals surface area (Å²) in [5.41, 5.74) is 4.76. The van der Waals surface area contributed by atoms with Crippen molar-refractivity contribution in [1.29, 1.82) is 0 Å². The van der Waals surface area contributed by atoms with Gasteiger partial charge < -0.3 is 15.2 Å². The molecule has 2 aromatic carbocycles. The molecule has 5 heteroatoms. The number of ether oxygens (including phenoxy) is 1.